The average molecular weight is 483 g/mol. The highest BCUT2D eigenvalue weighted by Crippen LogP contribution is 2.29. The van der Waals surface area contributed by atoms with Crippen molar-refractivity contribution in [3.05, 3.63) is 88.5 Å². The Morgan fingerprint density at radius 2 is 1.74 bits per heavy atom. The molecule has 0 heterocycles. The van der Waals surface area contributed by atoms with Gasteiger partial charge in [0, 0.05) is 29.6 Å². The van der Waals surface area contributed by atoms with E-state index in [2.05, 4.69) is 15.2 Å². The molecular formula is C23H22N4O6S. The van der Waals surface area contributed by atoms with E-state index < -0.39 is 14.9 Å². The van der Waals surface area contributed by atoms with E-state index >= 15 is 0 Å². The molecule has 0 bridgehead atoms. The number of hydrogen-bond acceptors (Lipinski definition) is 8. The minimum Gasteiger partial charge on any atom is -0.497 e. The lowest BCUT2D eigenvalue weighted by Gasteiger charge is -2.12. The highest BCUT2D eigenvalue weighted by Gasteiger charge is 2.22. The molecule has 11 heteroatoms. The number of hydrazone groups is 1. The van der Waals surface area contributed by atoms with E-state index in [0.29, 0.717) is 11.5 Å². The first-order chi connectivity index (χ1) is 16.3. The van der Waals surface area contributed by atoms with Crippen LogP contribution in [0, 0.1) is 10.1 Å². The first kappa shape index (κ1) is 24.3. The van der Waals surface area contributed by atoms with Crippen LogP contribution in [0.1, 0.15) is 5.56 Å². The van der Waals surface area contributed by atoms with Gasteiger partial charge < -0.3 is 9.47 Å². The molecule has 0 spiro atoms. The number of benzene rings is 3. The van der Waals surface area contributed by atoms with Crippen molar-refractivity contribution < 1.29 is 22.8 Å². The number of para-hydroxylation sites is 1. The number of nitrogens with zero attached hydrogens (tertiary/aromatic N) is 2. The minimum atomic E-state index is -4.18. The molecule has 3 aromatic carbocycles. The number of methoxy groups -OCH3 is 2. The molecule has 34 heavy (non-hydrogen) atoms. The lowest BCUT2D eigenvalue weighted by molar-refractivity contribution is -0.385. The molecule has 0 radical (unpaired) electrons. The van der Waals surface area contributed by atoms with Crippen molar-refractivity contribution in [3.8, 4) is 11.5 Å². The van der Waals surface area contributed by atoms with Gasteiger partial charge in [0.2, 0.25) is 0 Å². The van der Waals surface area contributed by atoms with Gasteiger partial charge in [-0.3, -0.25) is 20.3 Å². The van der Waals surface area contributed by atoms with E-state index in [4.69, 9.17) is 9.47 Å². The molecular weight excluding hydrogens is 460 g/mol. The van der Waals surface area contributed by atoms with Crippen molar-refractivity contribution in [2.45, 2.75) is 4.90 Å². The van der Waals surface area contributed by atoms with Crippen molar-refractivity contribution in [3.63, 3.8) is 0 Å². The molecule has 3 aromatic rings. The number of non-ortho nitro benzene ring substituents is 1. The van der Waals surface area contributed by atoms with Gasteiger partial charge in [0.05, 0.1) is 24.8 Å². The Morgan fingerprint density at radius 1 is 1.00 bits per heavy atom. The summed E-state index contributed by atoms with van der Waals surface area (Å²) in [6.45, 7) is 0. The molecule has 2 N–H and O–H groups in total. The molecule has 0 aliphatic rings. The Labute approximate surface area is 196 Å². The third-order valence-electron chi connectivity index (χ3n) is 4.57. The van der Waals surface area contributed by atoms with Crippen LogP contribution >= 0.6 is 0 Å². The number of ether oxygens (including phenoxy) is 2. The Balaban J connectivity index is 1.83. The normalized spacial score (nSPS) is 11.5. The second-order valence-electron chi connectivity index (χ2n) is 6.76. The van der Waals surface area contributed by atoms with Crippen LogP contribution in [-0.4, -0.2) is 33.8 Å². The van der Waals surface area contributed by atoms with E-state index in [1.807, 2.05) is 24.3 Å². The fourth-order valence-electron chi connectivity index (χ4n) is 2.91. The molecule has 0 aromatic heterocycles. The fraction of sp³-hybridized carbons (Fsp3) is 0.0870. The summed E-state index contributed by atoms with van der Waals surface area (Å²) in [7, 11) is -1.12. The van der Waals surface area contributed by atoms with Crippen molar-refractivity contribution in [2.75, 3.05) is 24.4 Å². The quantitative estimate of drug-likeness (QED) is 0.247. The molecule has 0 amide bonds. The van der Waals surface area contributed by atoms with Crippen LogP contribution in [0.3, 0.4) is 0 Å². The summed E-state index contributed by atoms with van der Waals surface area (Å²) in [5.41, 5.74) is 3.42. The number of sulfonamides is 1. The highest BCUT2D eigenvalue weighted by molar-refractivity contribution is 7.92. The van der Waals surface area contributed by atoms with Gasteiger partial charge >= 0.3 is 0 Å². The van der Waals surface area contributed by atoms with Gasteiger partial charge in [0.25, 0.3) is 15.7 Å². The summed E-state index contributed by atoms with van der Waals surface area (Å²) in [6, 6.07) is 17.0. The first-order valence-corrected chi connectivity index (χ1v) is 11.4. The number of allylic oxidation sites excluding steroid dienone is 1. The third-order valence-corrected chi connectivity index (χ3v) is 5.99. The van der Waals surface area contributed by atoms with E-state index in [0.717, 1.165) is 11.6 Å². The third kappa shape index (κ3) is 6.11. The van der Waals surface area contributed by atoms with E-state index in [1.165, 1.54) is 37.6 Å². The van der Waals surface area contributed by atoms with E-state index in [1.54, 1.807) is 31.4 Å². The number of rotatable bonds is 10. The maximum absolute atomic E-state index is 13.0. The van der Waals surface area contributed by atoms with Gasteiger partial charge in [0.15, 0.2) is 0 Å². The number of nitro groups is 1. The number of anilines is 2. The molecule has 0 fully saturated rings. The zero-order valence-electron chi connectivity index (χ0n) is 18.3. The van der Waals surface area contributed by atoms with E-state index in [9.17, 15) is 18.5 Å². The van der Waals surface area contributed by atoms with Gasteiger partial charge in [-0.15, -0.1) is 0 Å². The molecule has 0 unspecified atom stereocenters. The fourth-order valence-corrected chi connectivity index (χ4v) is 4.14. The second-order valence-corrected chi connectivity index (χ2v) is 8.41. The van der Waals surface area contributed by atoms with Crippen molar-refractivity contribution >= 4 is 39.4 Å². The molecule has 0 saturated carbocycles. The molecule has 0 aliphatic carbocycles. The highest BCUT2D eigenvalue weighted by atomic mass is 32.2. The van der Waals surface area contributed by atoms with Crippen LogP contribution in [-0.2, 0) is 10.0 Å². The van der Waals surface area contributed by atoms with Crippen LogP contribution in [0.5, 0.6) is 11.5 Å². The Morgan fingerprint density at radius 3 is 2.41 bits per heavy atom. The predicted molar refractivity (Wildman–Crippen MR) is 131 cm³/mol. The van der Waals surface area contributed by atoms with Crippen LogP contribution < -0.4 is 19.6 Å². The summed E-state index contributed by atoms with van der Waals surface area (Å²) in [4.78, 5) is 10.2. The topological polar surface area (TPSA) is 132 Å². The zero-order chi connectivity index (χ0) is 24.6. The number of nitro benzene ring substituents is 1. The van der Waals surface area contributed by atoms with Crippen molar-refractivity contribution in [1.82, 2.24) is 0 Å². The van der Waals surface area contributed by atoms with Gasteiger partial charge in [-0.2, -0.15) is 5.10 Å². The van der Waals surface area contributed by atoms with Gasteiger partial charge in [-0.05, 0) is 48.6 Å². The van der Waals surface area contributed by atoms with Gasteiger partial charge in [0.1, 0.15) is 16.4 Å². The van der Waals surface area contributed by atoms with Crippen molar-refractivity contribution in [1.29, 1.82) is 0 Å². The van der Waals surface area contributed by atoms with Gasteiger partial charge in [-0.25, -0.2) is 8.42 Å². The Hall–Kier alpha value is -4.38. The molecule has 0 atom stereocenters. The summed E-state index contributed by atoms with van der Waals surface area (Å²) in [5, 5.41) is 15.2. The smallest absolute Gasteiger partial charge is 0.270 e. The van der Waals surface area contributed by atoms with Crippen LogP contribution in [0.15, 0.2) is 82.8 Å². The second kappa shape index (κ2) is 11.0. The predicted octanol–water partition coefficient (Wildman–Crippen LogP) is 4.52. The summed E-state index contributed by atoms with van der Waals surface area (Å²) in [6.07, 6.45) is 4.82. The van der Waals surface area contributed by atoms with E-state index in [-0.39, 0.29) is 22.0 Å². The Kier molecular flexibility index (Phi) is 7.83. The molecule has 0 aliphatic heterocycles. The van der Waals surface area contributed by atoms with Crippen molar-refractivity contribution in [2.24, 2.45) is 5.10 Å². The minimum absolute atomic E-state index is 0.0635. The van der Waals surface area contributed by atoms with Crippen LogP contribution in [0.2, 0.25) is 0 Å². The zero-order valence-corrected chi connectivity index (χ0v) is 19.2. The lowest BCUT2D eigenvalue weighted by atomic mass is 10.2. The first-order valence-electron chi connectivity index (χ1n) is 9.88. The largest absolute Gasteiger partial charge is 0.497 e. The van der Waals surface area contributed by atoms with Crippen LogP contribution in [0.25, 0.3) is 6.08 Å². The monoisotopic (exact) mass is 482 g/mol. The molecule has 176 valence electrons. The number of nitrogens with one attached hydrogen (secondary N) is 2. The Bertz CT molecular complexity index is 1320. The standard InChI is InChI=1S/C23H22N4O6S/c1-32-20-12-9-18(10-13-20)26-34(30,31)23-16-19(27(28)29)11-14-21(23)25-24-15-5-7-17-6-3-4-8-22(17)33-2/h3-16,25-26H,1-2H3/b7-5+,24-15+. The maximum Gasteiger partial charge on any atom is 0.270 e. The van der Waals surface area contributed by atoms with Crippen LogP contribution in [0.4, 0.5) is 17.1 Å². The molecule has 10 nitrogen and oxygen atoms in total. The summed E-state index contributed by atoms with van der Waals surface area (Å²) in [5.74, 6) is 1.24. The summed E-state index contributed by atoms with van der Waals surface area (Å²) >= 11 is 0. The van der Waals surface area contributed by atoms with Gasteiger partial charge in [-0.1, -0.05) is 18.2 Å². The molecule has 3 rings (SSSR count). The number of hydrogen-bond donors (Lipinski definition) is 2. The maximum atomic E-state index is 13.0. The average Bonchev–Trinajstić information content (AvgIpc) is 2.84. The SMILES string of the molecule is COc1ccc(NS(=O)(=O)c2cc([N+](=O)[O-])ccc2N/N=C/C=C/c2ccccc2OC)cc1. The lowest BCUT2D eigenvalue weighted by Crippen LogP contribution is -2.15. The summed E-state index contributed by atoms with van der Waals surface area (Å²) < 4.78 is 38.8. The molecule has 0 saturated heterocycles.